The molecule has 1 rings (SSSR count). The molecular weight excluding hydrogens is 274 g/mol. The summed E-state index contributed by atoms with van der Waals surface area (Å²) in [7, 11) is 0. The van der Waals surface area contributed by atoms with Crippen molar-refractivity contribution in [1.29, 1.82) is 0 Å². The Bertz CT molecular complexity index is 470. The largest absolute Gasteiger partial charge is 0.493 e. The number of hydrogen-bond donors (Lipinski definition) is 3. The highest BCUT2D eigenvalue weighted by Gasteiger charge is 2.13. The molecule has 1 aromatic rings. The molecule has 0 aromatic carbocycles. The van der Waals surface area contributed by atoms with Crippen LogP contribution in [0.1, 0.15) is 33.3 Å². The highest BCUT2D eigenvalue weighted by molar-refractivity contribution is 7.99. The normalized spacial score (nSPS) is 11.5. The van der Waals surface area contributed by atoms with Crippen LogP contribution < -0.4 is 10.5 Å². The number of hydrogen-bond acceptors (Lipinski definition) is 4. The number of aromatic amines is 1. The molecule has 114 valence electrons. The number of nitrogens with zero attached hydrogens (tertiary/aromatic N) is 1. The monoisotopic (exact) mass is 300 g/mol. The van der Waals surface area contributed by atoms with Crippen LogP contribution in [0.3, 0.4) is 0 Å². The first kappa shape index (κ1) is 17.0. The third kappa shape index (κ3) is 5.17. The van der Waals surface area contributed by atoms with E-state index in [0.29, 0.717) is 23.1 Å². The molecule has 0 unspecified atom stereocenters. The van der Waals surface area contributed by atoms with Gasteiger partial charge in [0.1, 0.15) is 0 Å². The van der Waals surface area contributed by atoms with E-state index in [-0.39, 0.29) is 11.4 Å². The van der Waals surface area contributed by atoms with Crippen molar-refractivity contribution in [1.82, 2.24) is 9.97 Å². The van der Waals surface area contributed by atoms with E-state index in [1.54, 1.807) is 0 Å². The first-order valence-electron chi connectivity index (χ1n) is 7.26. The van der Waals surface area contributed by atoms with Gasteiger partial charge in [0.15, 0.2) is 5.16 Å². The molecule has 3 N–H and O–H groups in total. The summed E-state index contributed by atoms with van der Waals surface area (Å²) in [5, 5.41) is 10.4. The first-order chi connectivity index (χ1) is 9.47. The van der Waals surface area contributed by atoms with Gasteiger partial charge in [0.05, 0.1) is 31.0 Å². The van der Waals surface area contributed by atoms with Crippen LogP contribution in [-0.4, -0.2) is 40.5 Å². The molecular formula is C14H26N3O2S+. The Morgan fingerprint density at radius 3 is 2.50 bits per heavy atom. The molecule has 1 heterocycles. The average Bonchev–Trinajstić information content (AvgIpc) is 2.39. The van der Waals surface area contributed by atoms with E-state index in [9.17, 15) is 9.90 Å². The van der Waals surface area contributed by atoms with E-state index in [0.717, 1.165) is 25.4 Å². The van der Waals surface area contributed by atoms with E-state index in [1.807, 2.05) is 13.8 Å². The molecule has 0 atom stereocenters. The lowest BCUT2D eigenvalue weighted by Crippen LogP contribution is -3.11. The summed E-state index contributed by atoms with van der Waals surface area (Å²) >= 11 is 1.49. The van der Waals surface area contributed by atoms with E-state index in [4.69, 9.17) is 0 Å². The summed E-state index contributed by atoms with van der Waals surface area (Å²) in [6, 6.07) is 0. The van der Waals surface area contributed by atoms with Gasteiger partial charge in [-0.1, -0.05) is 25.6 Å². The summed E-state index contributed by atoms with van der Waals surface area (Å²) in [5.74, 6) is 1.07. The number of aromatic hydroxyl groups is 1. The highest BCUT2D eigenvalue weighted by Crippen LogP contribution is 2.17. The predicted octanol–water partition coefficient (Wildman–Crippen LogP) is 0.691. The Hall–Kier alpha value is -1.01. The minimum Gasteiger partial charge on any atom is -0.493 e. The van der Waals surface area contributed by atoms with Gasteiger partial charge in [-0.2, -0.15) is 4.98 Å². The number of quaternary nitrogens is 1. The zero-order valence-electron chi connectivity index (χ0n) is 12.8. The van der Waals surface area contributed by atoms with Gasteiger partial charge in [-0.05, 0) is 26.2 Å². The van der Waals surface area contributed by atoms with Crippen LogP contribution in [-0.2, 0) is 6.42 Å². The fourth-order valence-corrected chi connectivity index (χ4v) is 2.92. The molecule has 0 aliphatic rings. The fraction of sp³-hybridized carbons (Fsp3) is 0.714. The second-order valence-corrected chi connectivity index (χ2v) is 6.41. The van der Waals surface area contributed by atoms with Crippen molar-refractivity contribution in [3.05, 3.63) is 15.9 Å². The molecule has 0 saturated carbocycles. The van der Waals surface area contributed by atoms with Crippen molar-refractivity contribution >= 4 is 11.8 Å². The second-order valence-electron chi connectivity index (χ2n) is 5.33. The third-order valence-corrected chi connectivity index (χ3v) is 4.15. The predicted molar refractivity (Wildman–Crippen MR) is 82.7 cm³/mol. The maximum absolute atomic E-state index is 11.9. The maximum Gasteiger partial charge on any atom is 0.258 e. The number of thioether (sulfide) groups is 1. The van der Waals surface area contributed by atoms with Gasteiger partial charge < -0.3 is 15.0 Å². The van der Waals surface area contributed by atoms with Gasteiger partial charge in [0.25, 0.3) is 5.56 Å². The van der Waals surface area contributed by atoms with Crippen molar-refractivity contribution in [2.24, 2.45) is 5.92 Å². The average molecular weight is 300 g/mol. The van der Waals surface area contributed by atoms with Crippen molar-refractivity contribution in [2.75, 3.05) is 25.4 Å². The molecule has 0 saturated heterocycles. The van der Waals surface area contributed by atoms with Crippen molar-refractivity contribution in [2.45, 2.75) is 39.3 Å². The van der Waals surface area contributed by atoms with Crippen LogP contribution >= 0.6 is 11.8 Å². The number of aromatic nitrogens is 2. The summed E-state index contributed by atoms with van der Waals surface area (Å²) in [6.07, 6.45) is 0.544. The smallest absolute Gasteiger partial charge is 0.258 e. The molecule has 5 nitrogen and oxygen atoms in total. The van der Waals surface area contributed by atoms with E-state index < -0.39 is 0 Å². The van der Waals surface area contributed by atoms with Crippen LogP contribution in [0.25, 0.3) is 0 Å². The SMILES string of the molecule is CC[NH+](CC)CCSc1nc(O)c(CC(C)C)c(=O)[nH]1. The quantitative estimate of drug-likeness (QED) is 0.488. The Kier molecular flexibility index (Phi) is 7.09. The number of nitrogens with one attached hydrogen (secondary N) is 2. The van der Waals surface area contributed by atoms with Gasteiger partial charge in [0.2, 0.25) is 5.88 Å². The Morgan fingerprint density at radius 2 is 2.00 bits per heavy atom. The highest BCUT2D eigenvalue weighted by atomic mass is 32.2. The summed E-state index contributed by atoms with van der Waals surface area (Å²) in [4.78, 5) is 20.3. The molecule has 6 heteroatoms. The lowest BCUT2D eigenvalue weighted by Gasteiger charge is -2.14. The Morgan fingerprint density at radius 1 is 1.35 bits per heavy atom. The molecule has 20 heavy (non-hydrogen) atoms. The molecule has 0 amide bonds. The van der Waals surface area contributed by atoms with Crippen LogP contribution in [0.4, 0.5) is 0 Å². The lowest BCUT2D eigenvalue weighted by atomic mass is 10.1. The van der Waals surface area contributed by atoms with Gasteiger partial charge in [-0.15, -0.1) is 0 Å². The Balaban J connectivity index is 2.67. The van der Waals surface area contributed by atoms with E-state index in [1.165, 1.54) is 16.7 Å². The summed E-state index contributed by atoms with van der Waals surface area (Å²) < 4.78 is 0. The van der Waals surface area contributed by atoms with Crippen molar-refractivity contribution in [3.8, 4) is 5.88 Å². The minimum atomic E-state index is -0.219. The zero-order valence-corrected chi connectivity index (χ0v) is 13.6. The topological polar surface area (TPSA) is 70.4 Å². The van der Waals surface area contributed by atoms with Gasteiger partial charge >= 0.3 is 0 Å². The van der Waals surface area contributed by atoms with Crippen LogP contribution in [0, 0.1) is 5.92 Å². The summed E-state index contributed by atoms with van der Waals surface area (Å²) in [6.45, 7) is 11.6. The lowest BCUT2D eigenvalue weighted by molar-refractivity contribution is -0.893. The van der Waals surface area contributed by atoms with Crippen LogP contribution in [0.5, 0.6) is 5.88 Å². The van der Waals surface area contributed by atoms with Crippen molar-refractivity contribution in [3.63, 3.8) is 0 Å². The molecule has 0 spiro atoms. The van der Waals surface area contributed by atoms with Gasteiger partial charge in [0, 0.05) is 0 Å². The number of H-pyrrole nitrogens is 1. The fourth-order valence-electron chi connectivity index (χ4n) is 2.02. The molecule has 0 fully saturated rings. The molecule has 0 aliphatic carbocycles. The maximum atomic E-state index is 11.9. The molecule has 0 bridgehead atoms. The van der Waals surface area contributed by atoms with Gasteiger partial charge in [-0.25, -0.2) is 0 Å². The third-order valence-electron chi connectivity index (χ3n) is 3.28. The minimum absolute atomic E-state index is 0.125. The Labute approximate surface area is 124 Å². The van der Waals surface area contributed by atoms with E-state index in [2.05, 4.69) is 23.8 Å². The zero-order chi connectivity index (χ0) is 15.1. The van der Waals surface area contributed by atoms with Gasteiger partial charge in [-0.3, -0.25) is 4.79 Å². The molecule has 0 radical (unpaired) electrons. The van der Waals surface area contributed by atoms with Crippen molar-refractivity contribution < 1.29 is 10.0 Å². The second kappa shape index (κ2) is 8.32. The van der Waals surface area contributed by atoms with Crippen LogP contribution in [0.2, 0.25) is 0 Å². The molecule has 1 aromatic heterocycles. The van der Waals surface area contributed by atoms with E-state index >= 15 is 0 Å². The first-order valence-corrected chi connectivity index (χ1v) is 8.24. The molecule has 0 aliphatic heterocycles. The number of rotatable bonds is 8. The van der Waals surface area contributed by atoms with Crippen LogP contribution in [0.15, 0.2) is 9.95 Å². The summed E-state index contributed by atoms with van der Waals surface area (Å²) in [5.41, 5.74) is 0.169. The standard InChI is InChI=1S/C14H25N3O2S/c1-5-17(6-2)7-8-20-14-15-12(18)11(9-10(3)4)13(19)16-14/h10H,5-9H2,1-4H3,(H2,15,16,18,19)/p+1.